The number of hydrogen-bond acceptors (Lipinski definition) is 20. The molecule has 2 heterocycles. The van der Waals surface area contributed by atoms with Crippen molar-refractivity contribution in [3.8, 4) is 0 Å². The normalized spacial score (nSPS) is 16.4. The average molecular weight is 1220 g/mol. The number of hydrogen-bond donors (Lipinski definition) is 21. The van der Waals surface area contributed by atoms with Gasteiger partial charge in [-0.1, -0.05) is 12.5 Å². The molecular weight excluding hydrogens is 1120 g/mol. The minimum absolute atomic E-state index is 0.0130. The number of nitrogens with zero attached hydrogens (tertiary/aromatic N) is 2. The summed E-state index contributed by atoms with van der Waals surface area (Å²) in [6.45, 7) is 2.61. The van der Waals surface area contributed by atoms with Gasteiger partial charge in [-0.2, -0.15) is 0 Å². The number of nitrogens with one attached hydrogen (secondary N) is 12. The van der Waals surface area contributed by atoms with Crippen LogP contribution in [-0.4, -0.2) is 200 Å². The van der Waals surface area contributed by atoms with Gasteiger partial charge >= 0.3 is 0 Å². The summed E-state index contributed by atoms with van der Waals surface area (Å²) in [6.07, 6.45) is 9.29. The molecule has 0 saturated carbocycles. The number of aromatic amines is 1. The first-order valence-corrected chi connectivity index (χ1v) is 29.6. The number of imidazole rings is 1. The van der Waals surface area contributed by atoms with Gasteiger partial charge in [-0.25, -0.2) is 4.98 Å². The molecule has 0 aliphatic carbocycles. The van der Waals surface area contributed by atoms with Crippen LogP contribution >= 0.6 is 0 Å². The third-order valence-electron chi connectivity index (χ3n) is 13.8. The Hall–Kier alpha value is -7.40. The number of nitrogens with two attached hydrogens (primary N) is 9. The first kappa shape index (κ1) is 74.7. The predicted octanol–water partition coefficient (Wildman–Crippen LogP) is -7.54. The topological polar surface area (TPSA) is 581 Å². The Morgan fingerprint density at radius 2 is 1.21 bits per heavy atom. The molecule has 0 bridgehead atoms. The molecular formula is C53H99N23O10. The van der Waals surface area contributed by atoms with Gasteiger partial charge in [-0.15, -0.1) is 0 Å². The van der Waals surface area contributed by atoms with E-state index in [4.69, 9.17) is 57.0 Å². The third kappa shape index (κ3) is 28.7. The zero-order chi connectivity index (χ0) is 64.0. The maximum atomic E-state index is 14.5. The molecule has 1 aromatic rings. The Morgan fingerprint density at radius 1 is 0.628 bits per heavy atom. The summed E-state index contributed by atoms with van der Waals surface area (Å²) in [4.78, 5) is 146. The van der Waals surface area contributed by atoms with Crippen molar-refractivity contribution in [1.82, 2.24) is 68.0 Å². The molecule has 0 aromatic carbocycles. The number of carbonyl (C=O) groups excluding carboxylic acids is 10. The molecule has 486 valence electrons. The fourth-order valence-corrected chi connectivity index (χ4v) is 9.01. The fraction of sp³-hybridized carbons (Fsp3) is 0.698. The summed E-state index contributed by atoms with van der Waals surface area (Å²) in [5.74, 6) is -7.65. The second-order valence-electron chi connectivity index (χ2n) is 21.1. The lowest BCUT2D eigenvalue weighted by atomic mass is 10.0. The van der Waals surface area contributed by atoms with E-state index >= 15 is 0 Å². The minimum Gasteiger partial charge on any atom is -0.370 e. The molecule has 1 fully saturated rings. The zero-order valence-electron chi connectivity index (χ0n) is 49.7. The van der Waals surface area contributed by atoms with E-state index in [1.54, 1.807) is 0 Å². The molecule has 33 heteroatoms. The van der Waals surface area contributed by atoms with E-state index in [0.29, 0.717) is 89.7 Å². The van der Waals surface area contributed by atoms with Gasteiger partial charge < -0.3 is 115 Å². The maximum Gasteiger partial charge on any atom is 0.268 e. The van der Waals surface area contributed by atoms with Crippen molar-refractivity contribution >= 4 is 65.0 Å². The number of aromatic nitrogens is 2. The first-order chi connectivity index (χ1) is 41.1. The van der Waals surface area contributed by atoms with Crippen LogP contribution in [0.3, 0.4) is 0 Å². The van der Waals surface area contributed by atoms with Crippen molar-refractivity contribution in [3.63, 3.8) is 0 Å². The highest BCUT2D eigenvalue weighted by atomic mass is 16.2. The summed E-state index contributed by atoms with van der Waals surface area (Å²) in [5, 5.41) is 33.8. The molecule has 0 spiro atoms. The number of rotatable bonds is 44. The number of H-pyrrole nitrogens is 1. The largest absolute Gasteiger partial charge is 0.370 e. The summed E-state index contributed by atoms with van der Waals surface area (Å²) < 4.78 is 0. The number of amides is 10. The number of carbonyl (C=O) groups is 10. The lowest BCUT2D eigenvalue weighted by Gasteiger charge is -2.30. The molecule has 30 N–H and O–H groups in total. The smallest absolute Gasteiger partial charge is 0.268 e. The van der Waals surface area contributed by atoms with Gasteiger partial charge in [-0.05, 0) is 143 Å². The van der Waals surface area contributed by atoms with Crippen LogP contribution in [-0.2, 0) is 54.4 Å². The lowest BCUT2D eigenvalue weighted by Crippen LogP contribution is -2.59. The Bertz CT molecular complexity index is 2330. The molecule has 2 rings (SSSR count). The minimum atomic E-state index is -1.42. The second-order valence-corrected chi connectivity index (χ2v) is 21.1. The highest BCUT2D eigenvalue weighted by Gasteiger charge is 2.42. The summed E-state index contributed by atoms with van der Waals surface area (Å²) in [6, 6.07) is -10.2. The molecule has 1 aromatic heterocycles. The van der Waals surface area contributed by atoms with E-state index < -0.39 is 120 Å². The zero-order valence-corrected chi connectivity index (χ0v) is 49.7. The lowest BCUT2D eigenvalue weighted by molar-refractivity contribution is -0.142. The van der Waals surface area contributed by atoms with Crippen molar-refractivity contribution in [2.24, 2.45) is 51.6 Å². The van der Waals surface area contributed by atoms with E-state index in [1.807, 2.05) is 0 Å². The highest BCUT2D eigenvalue weighted by molar-refractivity contribution is 6.02. The van der Waals surface area contributed by atoms with Crippen LogP contribution in [0.15, 0.2) is 24.3 Å². The number of likely N-dealkylation sites (tertiary alicyclic amines) is 1. The molecule has 1 aliphatic rings. The van der Waals surface area contributed by atoms with Gasteiger partial charge in [0.25, 0.3) is 5.91 Å². The monoisotopic (exact) mass is 1220 g/mol. The van der Waals surface area contributed by atoms with Crippen LogP contribution in [0.2, 0.25) is 0 Å². The Labute approximate surface area is 502 Å². The van der Waals surface area contributed by atoms with Gasteiger partial charge in [0.2, 0.25) is 53.2 Å². The van der Waals surface area contributed by atoms with Crippen LogP contribution < -0.4 is 105 Å². The van der Waals surface area contributed by atoms with Crippen molar-refractivity contribution < 1.29 is 47.9 Å². The van der Waals surface area contributed by atoms with Crippen molar-refractivity contribution in [1.29, 1.82) is 5.41 Å². The highest BCUT2D eigenvalue weighted by Crippen LogP contribution is 2.20. The van der Waals surface area contributed by atoms with E-state index in [2.05, 4.69) is 63.1 Å². The molecule has 0 radical (unpaired) electrons. The molecule has 33 nitrogen and oxygen atoms in total. The van der Waals surface area contributed by atoms with Crippen LogP contribution in [0.1, 0.15) is 115 Å². The first-order valence-electron chi connectivity index (χ1n) is 29.6. The maximum absolute atomic E-state index is 14.5. The van der Waals surface area contributed by atoms with Gasteiger partial charge in [-0.3, -0.25) is 53.4 Å². The Kier molecular flexibility index (Phi) is 36.8. The molecule has 10 amide bonds. The molecule has 9 atom stereocenters. The fourth-order valence-electron chi connectivity index (χ4n) is 9.01. The number of unbranched alkanes of at least 4 members (excludes halogenated alkanes) is 4. The van der Waals surface area contributed by atoms with E-state index in [9.17, 15) is 47.9 Å². The Balaban J connectivity index is 2.35. The van der Waals surface area contributed by atoms with Crippen LogP contribution in [0.25, 0.3) is 0 Å². The number of guanidine groups is 1. The molecule has 86 heavy (non-hydrogen) atoms. The van der Waals surface area contributed by atoms with Crippen LogP contribution in [0.5, 0.6) is 0 Å². The van der Waals surface area contributed by atoms with Crippen molar-refractivity contribution in [2.45, 2.75) is 170 Å². The molecule has 1 aliphatic heterocycles. The quantitative estimate of drug-likeness (QED) is 0.0125. The summed E-state index contributed by atoms with van der Waals surface area (Å²) >= 11 is 0. The summed E-state index contributed by atoms with van der Waals surface area (Å²) in [7, 11) is 0. The van der Waals surface area contributed by atoms with E-state index in [1.165, 1.54) is 30.4 Å². The standard InChI is InChI=1S/C53H99N23O10/c1-32(69-47(81)39(17-23-59)71-45(79)35(61)12-2-5-18-54)44(78)67-29-43(77)70-40(15-10-22-58)52(86)76-30-33(60)26-42(76)51(85)75-41(27-34-28-64-31-68-34)50(84)74-37(14-4-7-20-56)48(82)73-38(16-11-25-66-53(62)63)49(83)72-36(13-3-6-19-55)46(80)65-24-9-8-21-57/h16,28,31-33,35-37,39-42H,2-15,17-27,29-30,54-61H2,1H3,(H,64,68)(H,65,80)(H,67,78)(H,69,81)(H,70,77)(H,71,79)(H,72,83)(H,73,82)(H,74,84)(H,75,85)(H4,62,63,66)/b38-16-/t32?,33-,35?,36+,37+,39?,40-,41?,42+/m1/s1. The Morgan fingerprint density at radius 3 is 1.81 bits per heavy atom. The van der Waals surface area contributed by atoms with Gasteiger partial charge in [0.15, 0.2) is 5.96 Å². The molecule has 1 saturated heterocycles. The van der Waals surface area contributed by atoms with Crippen LogP contribution in [0.4, 0.5) is 0 Å². The second kappa shape index (κ2) is 42.4. The third-order valence-corrected chi connectivity index (χ3v) is 13.8. The van der Waals surface area contributed by atoms with Gasteiger partial charge in [0.05, 0.1) is 18.9 Å². The molecule has 4 unspecified atom stereocenters. The van der Waals surface area contributed by atoms with E-state index in [-0.39, 0.29) is 95.7 Å². The van der Waals surface area contributed by atoms with Gasteiger partial charge in [0, 0.05) is 44.0 Å². The predicted molar refractivity (Wildman–Crippen MR) is 321 cm³/mol. The van der Waals surface area contributed by atoms with Crippen molar-refractivity contribution in [3.05, 3.63) is 30.0 Å². The van der Waals surface area contributed by atoms with Crippen molar-refractivity contribution in [2.75, 3.05) is 65.4 Å². The summed E-state index contributed by atoms with van der Waals surface area (Å²) in [5.41, 5.74) is 52.1. The van der Waals surface area contributed by atoms with E-state index in [0.717, 1.165) is 0 Å². The SMILES string of the molecule is CC(NC(=O)C(CCN)NC(=O)C(N)CCCCN)C(=O)NCC(=O)N[C@H](CCCN)C(=O)N1C[C@H](N)C[C@H]1C(=O)NC(Cc1cnc[nH]1)C(=O)N[C@@H](CCCCN)C(=O)N/C(=C\CCNC(=N)N)C(=O)N[C@@H](CCCCN)C(=O)NCCCCN. The van der Waals surface area contributed by atoms with Crippen LogP contribution in [0, 0.1) is 5.41 Å². The average Bonchev–Trinajstić information content (AvgIpc) is 4.16. The van der Waals surface area contributed by atoms with Gasteiger partial charge in [0.1, 0.15) is 48.0 Å².